The van der Waals surface area contributed by atoms with E-state index in [1.54, 1.807) is 0 Å². The molecule has 0 unspecified atom stereocenters. The lowest BCUT2D eigenvalue weighted by molar-refractivity contribution is -0.384. The molecule has 0 aliphatic carbocycles. The van der Waals surface area contributed by atoms with Crippen molar-refractivity contribution in [2.45, 2.75) is 0 Å². The summed E-state index contributed by atoms with van der Waals surface area (Å²) in [6.07, 6.45) is 0. The van der Waals surface area contributed by atoms with Gasteiger partial charge in [0.15, 0.2) is 10.8 Å². The maximum atomic E-state index is 10.6. The fourth-order valence-corrected chi connectivity index (χ4v) is 2.75. The average Bonchev–Trinajstić information content (AvgIpc) is 2.82. The van der Waals surface area contributed by atoms with Crippen LogP contribution in [0.25, 0.3) is 10.1 Å². The Morgan fingerprint density at radius 1 is 1.05 bits per heavy atom. The van der Waals surface area contributed by atoms with Crippen molar-refractivity contribution in [2.24, 2.45) is 10.2 Å². The third-order valence-electron chi connectivity index (χ3n) is 2.87. The van der Waals surface area contributed by atoms with Gasteiger partial charge in [-0.3, -0.25) is 10.1 Å². The van der Waals surface area contributed by atoms with Gasteiger partial charge in [0.25, 0.3) is 5.69 Å². The molecule has 7 heteroatoms. The monoisotopic (exact) mass is 299 g/mol. The molecule has 0 amide bonds. The van der Waals surface area contributed by atoms with Gasteiger partial charge in [-0.1, -0.05) is 12.1 Å². The van der Waals surface area contributed by atoms with E-state index in [0.29, 0.717) is 10.7 Å². The van der Waals surface area contributed by atoms with Crippen molar-refractivity contribution >= 4 is 37.8 Å². The van der Waals surface area contributed by atoms with Crippen molar-refractivity contribution < 1.29 is 10.0 Å². The van der Waals surface area contributed by atoms with E-state index in [4.69, 9.17) is 0 Å². The van der Waals surface area contributed by atoms with Gasteiger partial charge in [0.1, 0.15) is 0 Å². The van der Waals surface area contributed by atoms with Crippen LogP contribution in [0.5, 0.6) is 5.75 Å². The predicted molar refractivity (Wildman–Crippen MR) is 80.8 cm³/mol. The van der Waals surface area contributed by atoms with Crippen LogP contribution in [0, 0.1) is 10.1 Å². The molecular weight excluding hydrogens is 290 g/mol. The van der Waals surface area contributed by atoms with E-state index < -0.39 is 4.92 Å². The highest BCUT2D eigenvalue weighted by Crippen LogP contribution is 2.43. The van der Waals surface area contributed by atoms with Gasteiger partial charge in [0.2, 0.25) is 0 Å². The van der Waals surface area contributed by atoms with Gasteiger partial charge in [-0.15, -0.1) is 21.6 Å². The Balaban J connectivity index is 1.90. The summed E-state index contributed by atoms with van der Waals surface area (Å²) >= 11 is 1.33. The van der Waals surface area contributed by atoms with E-state index in [1.165, 1.54) is 35.6 Å². The molecule has 0 radical (unpaired) electrons. The number of rotatable bonds is 3. The van der Waals surface area contributed by atoms with Crippen LogP contribution in [0.4, 0.5) is 16.4 Å². The minimum absolute atomic E-state index is 0.00124. The van der Waals surface area contributed by atoms with Crippen LogP contribution in [-0.2, 0) is 0 Å². The van der Waals surface area contributed by atoms with E-state index in [-0.39, 0.29) is 11.4 Å². The van der Waals surface area contributed by atoms with E-state index >= 15 is 0 Å². The second kappa shape index (κ2) is 5.29. The van der Waals surface area contributed by atoms with Crippen molar-refractivity contribution in [3.63, 3.8) is 0 Å². The standard InChI is InChI=1S/C14H9N3O3S/c18-13-11-3-1-2-4-12(11)21-14(13)16-15-9-5-7-10(8-6-9)17(19)20/h1-8,18H. The van der Waals surface area contributed by atoms with E-state index in [2.05, 4.69) is 10.2 Å². The molecule has 104 valence electrons. The summed E-state index contributed by atoms with van der Waals surface area (Å²) in [6, 6.07) is 13.2. The number of aromatic hydroxyl groups is 1. The fraction of sp³-hybridized carbons (Fsp3) is 0. The van der Waals surface area contributed by atoms with Crippen LogP contribution in [0.1, 0.15) is 0 Å². The second-order valence-corrected chi connectivity index (χ2v) is 5.26. The van der Waals surface area contributed by atoms with Crippen molar-refractivity contribution in [3.8, 4) is 5.75 Å². The normalized spacial score (nSPS) is 11.2. The number of hydrogen-bond acceptors (Lipinski definition) is 6. The summed E-state index contributed by atoms with van der Waals surface area (Å²) in [7, 11) is 0. The number of thiophene rings is 1. The van der Waals surface area contributed by atoms with Gasteiger partial charge in [-0.25, -0.2) is 0 Å². The summed E-state index contributed by atoms with van der Waals surface area (Å²) in [6.45, 7) is 0. The SMILES string of the molecule is O=[N+]([O-])c1ccc(N=Nc2sc3ccccc3c2O)cc1. The molecule has 0 aliphatic heterocycles. The topological polar surface area (TPSA) is 88.1 Å². The van der Waals surface area contributed by atoms with Crippen LogP contribution in [0.2, 0.25) is 0 Å². The smallest absolute Gasteiger partial charge is 0.269 e. The number of non-ortho nitro benzene ring substituents is 1. The molecule has 0 aliphatic rings. The number of hydrogen-bond donors (Lipinski definition) is 1. The molecule has 1 heterocycles. The summed E-state index contributed by atoms with van der Waals surface area (Å²) in [5.74, 6) is 0.0984. The molecule has 0 saturated heterocycles. The first-order chi connectivity index (χ1) is 10.1. The van der Waals surface area contributed by atoms with Crippen molar-refractivity contribution in [1.29, 1.82) is 0 Å². The molecule has 2 aromatic carbocycles. The van der Waals surface area contributed by atoms with Crippen LogP contribution >= 0.6 is 11.3 Å². The zero-order valence-electron chi connectivity index (χ0n) is 10.6. The van der Waals surface area contributed by atoms with Crippen LogP contribution in [-0.4, -0.2) is 10.0 Å². The van der Waals surface area contributed by atoms with E-state index in [9.17, 15) is 15.2 Å². The first-order valence-electron chi connectivity index (χ1n) is 6.02. The molecule has 1 N–H and O–H groups in total. The van der Waals surface area contributed by atoms with Gasteiger partial charge in [0, 0.05) is 22.2 Å². The van der Waals surface area contributed by atoms with Crippen molar-refractivity contribution in [3.05, 3.63) is 58.6 Å². The molecule has 0 atom stereocenters. The largest absolute Gasteiger partial charge is 0.504 e. The van der Waals surface area contributed by atoms with Crippen molar-refractivity contribution in [1.82, 2.24) is 0 Å². The Bertz CT molecular complexity index is 840. The zero-order chi connectivity index (χ0) is 14.8. The molecule has 3 rings (SSSR count). The molecular formula is C14H9N3O3S. The minimum atomic E-state index is -0.473. The number of nitro benzene ring substituents is 1. The summed E-state index contributed by atoms with van der Waals surface area (Å²) < 4.78 is 0.924. The predicted octanol–water partition coefficient (Wildman–Crippen LogP) is 4.93. The summed E-state index contributed by atoms with van der Waals surface area (Å²) in [5, 5.41) is 29.8. The molecule has 6 nitrogen and oxygen atoms in total. The average molecular weight is 299 g/mol. The van der Waals surface area contributed by atoms with Crippen molar-refractivity contribution in [2.75, 3.05) is 0 Å². The molecule has 3 aromatic rings. The van der Waals surface area contributed by atoms with Gasteiger partial charge >= 0.3 is 0 Å². The molecule has 0 bridgehead atoms. The number of benzene rings is 2. The van der Waals surface area contributed by atoms with Gasteiger partial charge < -0.3 is 5.11 Å². The molecule has 21 heavy (non-hydrogen) atoms. The van der Waals surface area contributed by atoms with E-state index in [0.717, 1.165) is 10.1 Å². The van der Waals surface area contributed by atoms with Crippen LogP contribution in [0.15, 0.2) is 58.8 Å². The Hall–Kier alpha value is -2.80. The lowest BCUT2D eigenvalue weighted by Crippen LogP contribution is -1.85. The molecule has 0 spiro atoms. The first kappa shape index (κ1) is 13.2. The van der Waals surface area contributed by atoms with Crippen LogP contribution in [0.3, 0.4) is 0 Å². The van der Waals surface area contributed by atoms with E-state index in [1.807, 2.05) is 24.3 Å². The molecule has 0 saturated carbocycles. The lowest BCUT2D eigenvalue weighted by Gasteiger charge is -1.93. The highest BCUT2D eigenvalue weighted by molar-refractivity contribution is 7.23. The highest BCUT2D eigenvalue weighted by Gasteiger charge is 2.10. The Morgan fingerprint density at radius 3 is 2.43 bits per heavy atom. The number of fused-ring (bicyclic) bond motifs is 1. The summed E-state index contributed by atoms with van der Waals surface area (Å²) in [4.78, 5) is 10.1. The zero-order valence-corrected chi connectivity index (χ0v) is 11.4. The number of nitrogens with zero attached hydrogens (tertiary/aromatic N) is 3. The van der Waals surface area contributed by atoms with Gasteiger partial charge in [-0.05, 0) is 24.3 Å². The minimum Gasteiger partial charge on any atom is -0.504 e. The maximum Gasteiger partial charge on any atom is 0.269 e. The summed E-state index contributed by atoms with van der Waals surface area (Å²) in [5.41, 5.74) is 0.483. The third-order valence-corrected chi connectivity index (χ3v) is 3.91. The Labute approximate surface area is 123 Å². The number of azo groups is 1. The third kappa shape index (κ3) is 2.59. The van der Waals surface area contributed by atoms with Gasteiger partial charge in [0.05, 0.1) is 10.6 Å². The Kier molecular flexibility index (Phi) is 3.33. The second-order valence-electron chi connectivity index (χ2n) is 4.23. The lowest BCUT2D eigenvalue weighted by atomic mass is 10.2. The first-order valence-corrected chi connectivity index (χ1v) is 6.83. The van der Waals surface area contributed by atoms with Gasteiger partial charge in [-0.2, -0.15) is 0 Å². The Morgan fingerprint density at radius 2 is 1.76 bits per heavy atom. The maximum absolute atomic E-state index is 10.6. The molecule has 1 aromatic heterocycles. The highest BCUT2D eigenvalue weighted by atomic mass is 32.1. The number of nitro groups is 1. The quantitative estimate of drug-likeness (QED) is 0.422. The fourth-order valence-electron chi connectivity index (χ4n) is 1.83. The van der Waals surface area contributed by atoms with Crippen LogP contribution < -0.4 is 0 Å². The molecule has 0 fully saturated rings.